The van der Waals surface area contributed by atoms with Crippen molar-refractivity contribution in [1.82, 2.24) is 4.90 Å². The lowest BCUT2D eigenvalue weighted by atomic mass is 9.97. The van der Waals surface area contributed by atoms with Gasteiger partial charge in [-0.2, -0.15) is 0 Å². The molecule has 116 valence electrons. The highest BCUT2D eigenvalue weighted by Crippen LogP contribution is 2.23. The van der Waals surface area contributed by atoms with E-state index in [2.05, 4.69) is 36.1 Å². The minimum Gasteiger partial charge on any atom is -0.379 e. The van der Waals surface area contributed by atoms with Crippen molar-refractivity contribution in [2.75, 3.05) is 32.8 Å². The van der Waals surface area contributed by atoms with Crippen molar-refractivity contribution >= 4 is 0 Å². The van der Waals surface area contributed by atoms with Gasteiger partial charge in [-0.1, -0.05) is 43.3 Å². The Morgan fingerprint density at radius 3 is 2.09 bits per heavy atom. The fourth-order valence-electron chi connectivity index (χ4n) is 2.92. The molecule has 1 fully saturated rings. The molecule has 0 amide bonds. The Morgan fingerprint density at radius 1 is 0.955 bits per heavy atom. The zero-order valence-corrected chi connectivity index (χ0v) is 13.0. The normalized spacial score (nSPS) is 17.4. The van der Waals surface area contributed by atoms with Gasteiger partial charge in [0, 0.05) is 19.6 Å². The SMILES string of the molecule is CC(CN1CCOCC1)c1ccc(-c2ccc(F)cc2)cc1. The first kappa shape index (κ1) is 15.2. The number of hydrogen-bond acceptors (Lipinski definition) is 2. The van der Waals surface area contributed by atoms with E-state index < -0.39 is 0 Å². The van der Waals surface area contributed by atoms with Crippen molar-refractivity contribution in [3.05, 3.63) is 59.9 Å². The molecular weight excluding hydrogens is 277 g/mol. The molecule has 1 aliphatic heterocycles. The van der Waals surface area contributed by atoms with E-state index in [0.29, 0.717) is 5.92 Å². The molecular formula is C19H22FNO. The van der Waals surface area contributed by atoms with Gasteiger partial charge in [0.05, 0.1) is 13.2 Å². The third-order valence-corrected chi connectivity index (χ3v) is 4.29. The molecule has 1 unspecified atom stereocenters. The molecule has 1 atom stereocenters. The third kappa shape index (κ3) is 3.73. The topological polar surface area (TPSA) is 12.5 Å². The van der Waals surface area contributed by atoms with Crippen LogP contribution < -0.4 is 0 Å². The number of ether oxygens (including phenoxy) is 1. The number of morpholine rings is 1. The molecule has 2 nitrogen and oxygen atoms in total. The van der Waals surface area contributed by atoms with Crippen LogP contribution in [0.15, 0.2) is 48.5 Å². The number of benzene rings is 2. The van der Waals surface area contributed by atoms with Gasteiger partial charge in [0.25, 0.3) is 0 Å². The maximum Gasteiger partial charge on any atom is 0.123 e. The highest BCUT2D eigenvalue weighted by molar-refractivity contribution is 5.63. The molecule has 2 aromatic carbocycles. The van der Waals surface area contributed by atoms with Crippen LogP contribution in [0.5, 0.6) is 0 Å². The van der Waals surface area contributed by atoms with Crippen LogP contribution >= 0.6 is 0 Å². The molecule has 1 heterocycles. The van der Waals surface area contributed by atoms with E-state index >= 15 is 0 Å². The summed E-state index contributed by atoms with van der Waals surface area (Å²) in [4.78, 5) is 2.46. The van der Waals surface area contributed by atoms with Gasteiger partial charge in [0.1, 0.15) is 5.82 Å². The summed E-state index contributed by atoms with van der Waals surface area (Å²) in [7, 11) is 0. The molecule has 1 saturated heterocycles. The van der Waals surface area contributed by atoms with E-state index in [-0.39, 0.29) is 5.82 Å². The molecule has 3 rings (SSSR count). The lowest BCUT2D eigenvalue weighted by molar-refractivity contribution is 0.0357. The van der Waals surface area contributed by atoms with Crippen LogP contribution in [-0.2, 0) is 4.74 Å². The van der Waals surface area contributed by atoms with Crippen molar-refractivity contribution < 1.29 is 9.13 Å². The lowest BCUT2D eigenvalue weighted by Crippen LogP contribution is -2.38. The summed E-state index contributed by atoms with van der Waals surface area (Å²) in [6.07, 6.45) is 0. The number of nitrogens with zero attached hydrogens (tertiary/aromatic N) is 1. The fraction of sp³-hybridized carbons (Fsp3) is 0.368. The van der Waals surface area contributed by atoms with E-state index in [1.807, 2.05) is 12.1 Å². The second-order valence-electron chi connectivity index (χ2n) is 5.94. The number of hydrogen-bond donors (Lipinski definition) is 0. The van der Waals surface area contributed by atoms with Gasteiger partial charge in [-0.3, -0.25) is 4.90 Å². The van der Waals surface area contributed by atoms with Crippen molar-refractivity contribution in [2.24, 2.45) is 0 Å². The second kappa shape index (κ2) is 7.03. The summed E-state index contributed by atoms with van der Waals surface area (Å²) in [5.41, 5.74) is 3.52. The van der Waals surface area contributed by atoms with Crippen LogP contribution in [0.3, 0.4) is 0 Å². The minimum atomic E-state index is -0.195. The van der Waals surface area contributed by atoms with E-state index in [1.54, 1.807) is 0 Å². The van der Waals surface area contributed by atoms with E-state index in [9.17, 15) is 4.39 Å². The molecule has 2 aromatic rings. The Kier molecular flexibility index (Phi) is 4.86. The summed E-state index contributed by atoms with van der Waals surface area (Å²) < 4.78 is 18.4. The van der Waals surface area contributed by atoms with Crippen LogP contribution in [0, 0.1) is 5.82 Å². The van der Waals surface area contributed by atoms with Gasteiger partial charge in [-0.25, -0.2) is 4.39 Å². The lowest BCUT2D eigenvalue weighted by Gasteiger charge is -2.29. The van der Waals surface area contributed by atoms with Crippen LogP contribution in [-0.4, -0.2) is 37.7 Å². The summed E-state index contributed by atoms with van der Waals surface area (Å²) in [5, 5.41) is 0. The summed E-state index contributed by atoms with van der Waals surface area (Å²) in [6, 6.07) is 15.3. The van der Waals surface area contributed by atoms with E-state index in [0.717, 1.165) is 44.0 Å². The van der Waals surface area contributed by atoms with E-state index in [4.69, 9.17) is 4.74 Å². The second-order valence-corrected chi connectivity index (χ2v) is 5.94. The molecule has 0 bridgehead atoms. The Balaban J connectivity index is 1.66. The zero-order valence-electron chi connectivity index (χ0n) is 13.0. The standard InChI is InChI=1S/C19H22FNO/c1-15(14-21-10-12-22-13-11-21)16-2-4-17(5-3-16)18-6-8-19(20)9-7-18/h2-9,15H,10-14H2,1H3. The molecule has 0 spiro atoms. The molecule has 22 heavy (non-hydrogen) atoms. The Hall–Kier alpha value is -1.71. The first-order valence-corrected chi connectivity index (χ1v) is 7.88. The van der Waals surface area contributed by atoms with Gasteiger partial charge in [0.2, 0.25) is 0 Å². The summed E-state index contributed by atoms with van der Waals surface area (Å²) in [5.74, 6) is 0.305. The molecule has 0 radical (unpaired) electrons. The van der Waals surface area contributed by atoms with Gasteiger partial charge in [-0.05, 0) is 34.7 Å². The minimum absolute atomic E-state index is 0.195. The highest BCUT2D eigenvalue weighted by atomic mass is 19.1. The maximum atomic E-state index is 13.0. The van der Waals surface area contributed by atoms with E-state index in [1.165, 1.54) is 17.7 Å². The largest absolute Gasteiger partial charge is 0.379 e. The van der Waals surface area contributed by atoms with Crippen LogP contribution in [0.4, 0.5) is 4.39 Å². The molecule has 0 N–H and O–H groups in total. The average molecular weight is 299 g/mol. The Morgan fingerprint density at radius 2 is 1.50 bits per heavy atom. The maximum absolute atomic E-state index is 13.0. The predicted molar refractivity (Wildman–Crippen MR) is 87.5 cm³/mol. The van der Waals surface area contributed by atoms with Crippen molar-refractivity contribution in [3.8, 4) is 11.1 Å². The van der Waals surface area contributed by atoms with Gasteiger partial charge in [0.15, 0.2) is 0 Å². The number of rotatable bonds is 4. The molecule has 3 heteroatoms. The quantitative estimate of drug-likeness (QED) is 0.848. The third-order valence-electron chi connectivity index (χ3n) is 4.29. The Labute approximate surface area is 131 Å². The van der Waals surface area contributed by atoms with Crippen molar-refractivity contribution in [1.29, 1.82) is 0 Å². The molecule has 0 aliphatic carbocycles. The van der Waals surface area contributed by atoms with Gasteiger partial charge in [-0.15, -0.1) is 0 Å². The smallest absolute Gasteiger partial charge is 0.123 e. The molecule has 0 aromatic heterocycles. The van der Waals surface area contributed by atoms with Crippen LogP contribution in [0.1, 0.15) is 18.4 Å². The average Bonchev–Trinajstić information content (AvgIpc) is 2.57. The van der Waals surface area contributed by atoms with Gasteiger partial charge < -0.3 is 4.74 Å². The predicted octanol–water partition coefficient (Wildman–Crippen LogP) is 3.93. The van der Waals surface area contributed by atoms with Crippen molar-refractivity contribution in [3.63, 3.8) is 0 Å². The highest BCUT2D eigenvalue weighted by Gasteiger charge is 2.14. The zero-order chi connectivity index (χ0) is 15.4. The fourth-order valence-corrected chi connectivity index (χ4v) is 2.92. The number of halogens is 1. The van der Waals surface area contributed by atoms with Crippen molar-refractivity contribution in [2.45, 2.75) is 12.8 Å². The summed E-state index contributed by atoms with van der Waals surface area (Å²) in [6.45, 7) is 7.07. The first-order valence-electron chi connectivity index (χ1n) is 7.88. The van der Waals surface area contributed by atoms with Crippen LogP contribution in [0.2, 0.25) is 0 Å². The molecule has 0 saturated carbocycles. The van der Waals surface area contributed by atoms with Crippen LogP contribution in [0.25, 0.3) is 11.1 Å². The first-order chi connectivity index (χ1) is 10.7. The monoisotopic (exact) mass is 299 g/mol. The molecule has 1 aliphatic rings. The Bertz CT molecular complexity index is 588. The van der Waals surface area contributed by atoms with Gasteiger partial charge >= 0.3 is 0 Å². The summed E-state index contributed by atoms with van der Waals surface area (Å²) >= 11 is 0.